The third-order valence-corrected chi connectivity index (χ3v) is 2.44. The molecular weight excluding hydrogens is 311 g/mol. The Labute approximate surface area is 164 Å². The van der Waals surface area contributed by atoms with E-state index in [2.05, 4.69) is 6.58 Å². The molecular formula is C13H15BF3KO3. The van der Waals surface area contributed by atoms with E-state index in [1.807, 2.05) is 0 Å². The molecule has 0 radical (unpaired) electrons. The SMILES string of the molecule is C=C(C)C(=O)OCCOCc1ccc([B-](F)(F)F)cc1.[K+]. The Morgan fingerprint density at radius 3 is 2.24 bits per heavy atom. The van der Waals surface area contributed by atoms with Crippen molar-refractivity contribution >= 4 is 18.4 Å². The van der Waals surface area contributed by atoms with Gasteiger partial charge in [-0.1, -0.05) is 30.8 Å². The summed E-state index contributed by atoms with van der Waals surface area (Å²) in [6.45, 7) is 0.406. The van der Waals surface area contributed by atoms with Gasteiger partial charge in [0.25, 0.3) is 0 Å². The summed E-state index contributed by atoms with van der Waals surface area (Å²) in [5.41, 5.74) is 0.291. The van der Waals surface area contributed by atoms with E-state index in [-0.39, 0.29) is 71.2 Å². The Kier molecular flexibility index (Phi) is 9.75. The Morgan fingerprint density at radius 2 is 1.76 bits per heavy atom. The van der Waals surface area contributed by atoms with Crippen LogP contribution >= 0.6 is 0 Å². The van der Waals surface area contributed by atoms with Crippen molar-refractivity contribution in [2.24, 2.45) is 0 Å². The van der Waals surface area contributed by atoms with Crippen molar-refractivity contribution in [1.29, 1.82) is 0 Å². The van der Waals surface area contributed by atoms with E-state index >= 15 is 0 Å². The first-order valence-corrected chi connectivity index (χ1v) is 6.00. The summed E-state index contributed by atoms with van der Waals surface area (Å²) in [5, 5.41) is 0. The summed E-state index contributed by atoms with van der Waals surface area (Å²) < 4.78 is 47.2. The van der Waals surface area contributed by atoms with Crippen LogP contribution in [0.5, 0.6) is 0 Å². The van der Waals surface area contributed by atoms with Crippen LogP contribution in [0.15, 0.2) is 36.4 Å². The second-order valence-electron chi connectivity index (χ2n) is 4.29. The van der Waals surface area contributed by atoms with Gasteiger partial charge in [-0.15, -0.1) is 5.46 Å². The van der Waals surface area contributed by atoms with Gasteiger partial charge < -0.3 is 22.4 Å². The maximum absolute atomic E-state index is 12.4. The van der Waals surface area contributed by atoms with Gasteiger partial charge in [0.1, 0.15) is 6.61 Å². The summed E-state index contributed by atoms with van der Waals surface area (Å²) in [5.74, 6) is -0.495. The first kappa shape index (κ1) is 20.9. The molecule has 0 unspecified atom stereocenters. The molecule has 0 heterocycles. The third-order valence-electron chi connectivity index (χ3n) is 2.44. The number of rotatable bonds is 7. The molecule has 1 aromatic carbocycles. The first-order valence-electron chi connectivity index (χ1n) is 6.00. The molecule has 0 saturated carbocycles. The summed E-state index contributed by atoms with van der Waals surface area (Å²) in [6, 6.07) is 4.79. The average molecular weight is 326 g/mol. The fourth-order valence-corrected chi connectivity index (χ4v) is 1.34. The van der Waals surface area contributed by atoms with Crippen LogP contribution in [0.2, 0.25) is 0 Å². The monoisotopic (exact) mass is 326 g/mol. The smallest absolute Gasteiger partial charge is 0.460 e. The van der Waals surface area contributed by atoms with Crippen molar-refractivity contribution in [3.63, 3.8) is 0 Å². The molecule has 0 bridgehead atoms. The molecule has 0 amide bonds. The van der Waals surface area contributed by atoms with Crippen molar-refractivity contribution in [2.75, 3.05) is 13.2 Å². The molecule has 0 aliphatic rings. The second kappa shape index (κ2) is 9.81. The Hall–Kier alpha value is -0.119. The number of benzene rings is 1. The van der Waals surface area contributed by atoms with Crippen molar-refractivity contribution in [3.05, 3.63) is 42.0 Å². The van der Waals surface area contributed by atoms with Crippen molar-refractivity contribution in [2.45, 2.75) is 13.5 Å². The average Bonchev–Trinajstić information content (AvgIpc) is 2.37. The number of esters is 1. The Morgan fingerprint density at radius 1 is 1.19 bits per heavy atom. The van der Waals surface area contributed by atoms with Gasteiger partial charge in [0.05, 0.1) is 13.2 Å². The van der Waals surface area contributed by atoms with Gasteiger partial charge in [0.2, 0.25) is 0 Å². The zero-order chi connectivity index (χ0) is 15.2. The zero-order valence-corrected chi connectivity index (χ0v) is 15.2. The van der Waals surface area contributed by atoms with Gasteiger partial charge in [-0.05, 0) is 12.5 Å². The molecule has 1 aromatic rings. The van der Waals surface area contributed by atoms with Crippen molar-refractivity contribution in [3.8, 4) is 0 Å². The molecule has 8 heteroatoms. The molecule has 0 saturated heterocycles. The third kappa shape index (κ3) is 8.18. The predicted octanol–water partition coefficient (Wildman–Crippen LogP) is -0.619. The molecule has 0 spiro atoms. The summed E-state index contributed by atoms with van der Waals surface area (Å²) in [6.07, 6.45) is 0. The number of halogens is 3. The largest absolute Gasteiger partial charge is 1.00 e. The van der Waals surface area contributed by atoms with Crippen LogP contribution in [0.4, 0.5) is 12.9 Å². The second-order valence-corrected chi connectivity index (χ2v) is 4.29. The van der Waals surface area contributed by atoms with Gasteiger partial charge in [0.15, 0.2) is 0 Å². The van der Waals surface area contributed by atoms with Gasteiger partial charge in [-0.25, -0.2) is 4.79 Å². The van der Waals surface area contributed by atoms with E-state index in [9.17, 15) is 17.7 Å². The molecule has 1 rings (SSSR count). The van der Waals surface area contributed by atoms with Crippen LogP contribution in [0, 0.1) is 0 Å². The maximum Gasteiger partial charge on any atom is 1.00 e. The fourth-order valence-electron chi connectivity index (χ4n) is 1.34. The standard InChI is InChI=1S/C13H15BF3O3.K/c1-10(2)13(18)20-8-7-19-9-11-3-5-12(6-4-11)14(15,16)17;/h3-6H,1,7-9H2,2H3;/q-1;+1. The quantitative estimate of drug-likeness (QED) is 0.290. The molecule has 110 valence electrons. The van der Waals surface area contributed by atoms with Crippen LogP contribution in [0.25, 0.3) is 0 Å². The van der Waals surface area contributed by atoms with Crippen LogP contribution < -0.4 is 56.8 Å². The summed E-state index contributed by atoms with van der Waals surface area (Å²) in [4.78, 5) is 11.0. The van der Waals surface area contributed by atoms with E-state index in [1.54, 1.807) is 0 Å². The van der Waals surface area contributed by atoms with E-state index in [1.165, 1.54) is 19.1 Å². The molecule has 0 fully saturated rings. The normalized spacial score (nSPS) is 10.7. The maximum atomic E-state index is 12.4. The molecule has 21 heavy (non-hydrogen) atoms. The van der Waals surface area contributed by atoms with Gasteiger partial charge in [-0.3, -0.25) is 0 Å². The van der Waals surface area contributed by atoms with E-state index in [0.29, 0.717) is 11.1 Å². The number of carbonyl (C=O) groups is 1. The molecule has 3 nitrogen and oxygen atoms in total. The van der Waals surface area contributed by atoms with Gasteiger partial charge in [-0.2, -0.15) is 0 Å². The van der Waals surface area contributed by atoms with E-state index < -0.39 is 18.4 Å². The number of ether oxygens (including phenoxy) is 2. The zero-order valence-electron chi connectivity index (χ0n) is 12.1. The fraction of sp³-hybridized carbons (Fsp3) is 0.308. The number of hydrogen-bond acceptors (Lipinski definition) is 3. The Balaban J connectivity index is 0.00000400. The van der Waals surface area contributed by atoms with Crippen LogP contribution in [0.1, 0.15) is 12.5 Å². The van der Waals surface area contributed by atoms with E-state index in [0.717, 1.165) is 12.1 Å². The van der Waals surface area contributed by atoms with Crippen LogP contribution in [-0.4, -0.2) is 26.2 Å². The minimum Gasteiger partial charge on any atom is -0.460 e. The minimum absolute atomic E-state index is 0. The topological polar surface area (TPSA) is 35.5 Å². The number of hydrogen-bond donors (Lipinski definition) is 0. The minimum atomic E-state index is -4.96. The summed E-state index contributed by atoms with van der Waals surface area (Å²) >= 11 is 0. The van der Waals surface area contributed by atoms with Crippen molar-refractivity contribution < 1.29 is 78.6 Å². The van der Waals surface area contributed by atoms with Crippen LogP contribution in [-0.2, 0) is 20.9 Å². The van der Waals surface area contributed by atoms with Gasteiger partial charge in [0, 0.05) is 5.57 Å². The number of carbonyl (C=O) groups excluding carboxylic acids is 1. The first-order chi connectivity index (χ1) is 9.30. The summed E-state index contributed by atoms with van der Waals surface area (Å²) in [7, 11) is 0. The molecule has 0 aliphatic heterocycles. The molecule has 0 aromatic heterocycles. The molecule has 0 N–H and O–H groups in total. The van der Waals surface area contributed by atoms with E-state index in [4.69, 9.17) is 9.47 Å². The molecule has 0 aliphatic carbocycles. The van der Waals surface area contributed by atoms with Crippen molar-refractivity contribution in [1.82, 2.24) is 0 Å². The Bertz CT molecular complexity index is 475. The van der Waals surface area contributed by atoms with Gasteiger partial charge >= 0.3 is 64.3 Å². The predicted molar refractivity (Wildman–Crippen MR) is 70.6 cm³/mol. The molecule has 0 atom stereocenters. The van der Waals surface area contributed by atoms with Crippen LogP contribution in [0.3, 0.4) is 0 Å².